The standard InChI is InChI=1S/C13H14N4OS/c18-13(4-3-12-2-1-9-19-12)16-7-5-11(10-16)17-8-6-14-15-17/h1-4,6,8-9,11H,5,7,10H2/b4-3+/t11-/m0/s1. The second kappa shape index (κ2) is 5.36. The molecule has 3 rings (SSSR count). The van der Waals surface area contributed by atoms with Gasteiger partial charge in [0.15, 0.2) is 0 Å². The molecule has 0 N–H and O–H groups in total. The molecule has 6 heteroatoms. The van der Waals surface area contributed by atoms with Crippen LogP contribution < -0.4 is 0 Å². The van der Waals surface area contributed by atoms with Crippen molar-refractivity contribution in [3.05, 3.63) is 40.9 Å². The Balaban J connectivity index is 1.60. The van der Waals surface area contributed by atoms with Gasteiger partial charge in [-0.2, -0.15) is 0 Å². The lowest BCUT2D eigenvalue weighted by Gasteiger charge is -2.14. The molecule has 0 saturated carbocycles. The molecule has 2 aromatic rings. The van der Waals surface area contributed by atoms with Crippen molar-refractivity contribution < 1.29 is 4.79 Å². The SMILES string of the molecule is O=C(/C=C/c1cccs1)N1CC[C@H](n2ccnn2)C1. The number of thiophene rings is 1. The Bertz CT molecular complexity index is 561. The Morgan fingerprint density at radius 2 is 2.47 bits per heavy atom. The van der Waals surface area contributed by atoms with E-state index in [1.807, 2.05) is 39.4 Å². The molecule has 0 radical (unpaired) electrons. The molecule has 2 aromatic heterocycles. The average molecular weight is 274 g/mol. The van der Waals surface area contributed by atoms with Gasteiger partial charge in [-0.3, -0.25) is 4.79 Å². The van der Waals surface area contributed by atoms with Crippen molar-refractivity contribution in [1.82, 2.24) is 19.9 Å². The normalized spacial score (nSPS) is 19.4. The number of rotatable bonds is 3. The Hall–Kier alpha value is -1.95. The number of carbonyl (C=O) groups is 1. The van der Waals surface area contributed by atoms with Crippen molar-refractivity contribution in [2.24, 2.45) is 0 Å². The molecule has 0 aromatic carbocycles. The van der Waals surface area contributed by atoms with Gasteiger partial charge in [0, 0.05) is 30.2 Å². The van der Waals surface area contributed by atoms with Gasteiger partial charge < -0.3 is 4.90 Å². The van der Waals surface area contributed by atoms with E-state index in [2.05, 4.69) is 10.3 Å². The first-order valence-electron chi connectivity index (χ1n) is 6.19. The van der Waals surface area contributed by atoms with E-state index in [1.54, 1.807) is 23.6 Å². The zero-order chi connectivity index (χ0) is 13.1. The van der Waals surface area contributed by atoms with Crippen molar-refractivity contribution in [3.63, 3.8) is 0 Å². The van der Waals surface area contributed by atoms with E-state index >= 15 is 0 Å². The van der Waals surface area contributed by atoms with Gasteiger partial charge in [-0.05, 0) is 23.9 Å². The van der Waals surface area contributed by atoms with E-state index in [4.69, 9.17) is 0 Å². The molecule has 0 unspecified atom stereocenters. The summed E-state index contributed by atoms with van der Waals surface area (Å²) in [5, 5.41) is 9.80. The third-order valence-electron chi connectivity index (χ3n) is 3.22. The van der Waals surface area contributed by atoms with Gasteiger partial charge in [-0.15, -0.1) is 16.4 Å². The summed E-state index contributed by atoms with van der Waals surface area (Å²) in [6, 6.07) is 4.23. The summed E-state index contributed by atoms with van der Waals surface area (Å²) in [4.78, 5) is 15.0. The van der Waals surface area contributed by atoms with Crippen molar-refractivity contribution in [3.8, 4) is 0 Å². The van der Waals surface area contributed by atoms with Crippen LogP contribution >= 0.6 is 11.3 Å². The summed E-state index contributed by atoms with van der Waals surface area (Å²) < 4.78 is 1.83. The lowest BCUT2D eigenvalue weighted by Crippen LogP contribution is -2.27. The first-order valence-corrected chi connectivity index (χ1v) is 7.07. The summed E-state index contributed by atoms with van der Waals surface area (Å²) in [5.74, 6) is 0.0658. The van der Waals surface area contributed by atoms with Crippen LogP contribution in [-0.2, 0) is 4.79 Å². The van der Waals surface area contributed by atoms with Gasteiger partial charge in [0.1, 0.15) is 0 Å². The van der Waals surface area contributed by atoms with Crippen molar-refractivity contribution in [2.45, 2.75) is 12.5 Å². The fraction of sp³-hybridized carbons (Fsp3) is 0.308. The Labute approximate surface area is 115 Å². The molecule has 0 spiro atoms. The van der Waals surface area contributed by atoms with Crippen LogP contribution in [0.4, 0.5) is 0 Å². The van der Waals surface area contributed by atoms with E-state index in [0.717, 1.165) is 17.8 Å². The highest BCUT2D eigenvalue weighted by Crippen LogP contribution is 2.20. The molecule has 3 heterocycles. The monoisotopic (exact) mass is 274 g/mol. The quantitative estimate of drug-likeness (QED) is 0.802. The molecule has 5 nitrogen and oxygen atoms in total. The van der Waals surface area contributed by atoms with Gasteiger partial charge in [0.2, 0.25) is 5.91 Å². The molecule has 1 fully saturated rings. The third-order valence-corrected chi connectivity index (χ3v) is 4.06. The number of nitrogens with zero attached hydrogens (tertiary/aromatic N) is 4. The number of hydrogen-bond acceptors (Lipinski definition) is 4. The summed E-state index contributed by atoms with van der Waals surface area (Å²) in [6.45, 7) is 1.48. The maximum Gasteiger partial charge on any atom is 0.246 e. The maximum absolute atomic E-state index is 12.1. The van der Waals surface area contributed by atoms with Gasteiger partial charge in [-0.25, -0.2) is 4.68 Å². The third kappa shape index (κ3) is 2.73. The minimum Gasteiger partial charge on any atom is -0.337 e. The highest BCUT2D eigenvalue weighted by atomic mass is 32.1. The lowest BCUT2D eigenvalue weighted by molar-refractivity contribution is -0.125. The number of carbonyl (C=O) groups excluding carboxylic acids is 1. The minimum absolute atomic E-state index is 0.0658. The molecule has 1 aliphatic heterocycles. The maximum atomic E-state index is 12.1. The van der Waals surface area contributed by atoms with Crippen LogP contribution in [0, 0.1) is 0 Å². The fourth-order valence-corrected chi connectivity index (χ4v) is 2.83. The molecule has 1 atom stereocenters. The van der Waals surface area contributed by atoms with Crippen molar-refractivity contribution in [1.29, 1.82) is 0 Å². The van der Waals surface area contributed by atoms with Crippen molar-refractivity contribution >= 4 is 23.3 Å². The highest BCUT2D eigenvalue weighted by Gasteiger charge is 2.26. The molecule has 19 heavy (non-hydrogen) atoms. The molecular weight excluding hydrogens is 260 g/mol. The van der Waals surface area contributed by atoms with Crippen molar-refractivity contribution in [2.75, 3.05) is 13.1 Å². The Kier molecular flexibility index (Phi) is 3.41. The lowest BCUT2D eigenvalue weighted by atomic mass is 10.3. The van der Waals surface area contributed by atoms with E-state index in [-0.39, 0.29) is 11.9 Å². The second-order valence-corrected chi connectivity index (χ2v) is 5.44. The predicted octanol–water partition coefficient (Wildman–Crippen LogP) is 1.83. The van der Waals surface area contributed by atoms with Gasteiger partial charge in [0.25, 0.3) is 0 Å². The zero-order valence-electron chi connectivity index (χ0n) is 10.3. The van der Waals surface area contributed by atoms with Gasteiger partial charge in [0.05, 0.1) is 12.2 Å². The van der Waals surface area contributed by atoms with Crippen LogP contribution in [0.2, 0.25) is 0 Å². The van der Waals surface area contributed by atoms with Crippen LogP contribution in [0.1, 0.15) is 17.3 Å². The number of hydrogen-bond donors (Lipinski definition) is 0. The van der Waals surface area contributed by atoms with E-state index < -0.39 is 0 Å². The highest BCUT2D eigenvalue weighted by molar-refractivity contribution is 7.10. The summed E-state index contributed by atoms with van der Waals surface area (Å²) in [6.07, 6.45) is 7.97. The molecule has 98 valence electrons. The van der Waals surface area contributed by atoms with E-state index in [1.165, 1.54) is 0 Å². The molecular formula is C13H14N4OS. The van der Waals surface area contributed by atoms with E-state index in [0.29, 0.717) is 6.54 Å². The van der Waals surface area contributed by atoms with Crippen LogP contribution in [0.25, 0.3) is 6.08 Å². The first-order chi connectivity index (χ1) is 9.33. The Morgan fingerprint density at radius 3 is 3.21 bits per heavy atom. The minimum atomic E-state index is 0.0658. The summed E-state index contributed by atoms with van der Waals surface area (Å²) >= 11 is 1.63. The van der Waals surface area contributed by atoms with Gasteiger partial charge in [-0.1, -0.05) is 11.3 Å². The van der Waals surface area contributed by atoms with Crippen LogP contribution in [-0.4, -0.2) is 38.9 Å². The number of aromatic nitrogens is 3. The fourth-order valence-electron chi connectivity index (χ4n) is 2.21. The Morgan fingerprint density at radius 1 is 1.53 bits per heavy atom. The summed E-state index contributed by atoms with van der Waals surface area (Å²) in [5.41, 5.74) is 0. The topological polar surface area (TPSA) is 51.0 Å². The zero-order valence-corrected chi connectivity index (χ0v) is 11.2. The number of likely N-dealkylation sites (tertiary alicyclic amines) is 1. The number of amides is 1. The van der Waals surface area contributed by atoms with E-state index in [9.17, 15) is 4.79 Å². The van der Waals surface area contributed by atoms with Crippen LogP contribution in [0.5, 0.6) is 0 Å². The first kappa shape index (κ1) is 12.1. The summed E-state index contributed by atoms with van der Waals surface area (Å²) in [7, 11) is 0. The molecule has 1 amide bonds. The van der Waals surface area contributed by atoms with Crippen LogP contribution in [0.15, 0.2) is 36.0 Å². The van der Waals surface area contributed by atoms with Crippen LogP contribution in [0.3, 0.4) is 0 Å². The predicted molar refractivity (Wildman–Crippen MR) is 73.6 cm³/mol. The largest absolute Gasteiger partial charge is 0.337 e. The average Bonchev–Trinajstić information content (AvgIpc) is 3.14. The van der Waals surface area contributed by atoms with Gasteiger partial charge >= 0.3 is 0 Å². The molecule has 0 bridgehead atoms. The molecule has 1 aliphatic rings. The second-order valence-electron chi connectivity index (χ2n) is 4.46. The smallest absolute Gasteiger partial charge is 0.246 e. The molecule has 1 saturated heterocycles. The molecule has 0 aliphatic carbocycles.